The zero-order chi connectivity index (χ0) is 38.6. The van der Waals surface area contributed by atoms with Crippen molar-refractivity contribution in [3.63, 3.8) is 0 Å². The first-order chi connectivity index (χ1) is 26.2. The molecule has 4 nitrogen and oxygen atoms in total. The smallest absolute Gasteiger partial charge is 0.220 e. The van der Waals surface area contributed by atoms with E-state index in [1.54, 1.807) is 6.08 Å². The van der Waals surface area contributed by atoms with Crippen LogP contribution in [0.5, 0.6) is 0 Å². The van der Waals surface area contributed by atoms with E-state index in [1.165, 1.54) is 64.2 Å². The van der Waals surface area contributed by atoms with Gasteiger partial charge < -0.3 is 15.5 Å². The first-order valence-electron chi connectivity index (χ1n) is 21.6. The number of amides is 1. The topological polar surface area (TPSA) is 69.6 Å². The molecule has 0 aliphatic rings. The minimum atomic E-state index is -0.851. The Hall–Kier alpha value is -2.95. The summed E-state index contributed by atoms with van der Waals surface area (Å²) < 4.78 is 0. The molecule has 0 radical (unpaired) electrons. The second-order valence-electron chi connectivity index (χ2n) is 14.0. The van der Waals surface area contributed by atoms with E-state index >= 15 is 0 Å². The van der Waals surface area contributed by atoms with Gasteiger partial charge in [-0.25, -0.2) is 0 Å². The van der Waals surface area contributed by atoms with Gasteiger partial charge in [0, 0.05) is 6.42 Å². The molecule has 2 atom stereocenters. The summed E-state index contributed by atoms with van der Waals surface area (Å²) in [5.74, 6) is -0.0869. The van der Waals surface area contributed by atoms with E-state index in [0.717, 1.165) is 89.9 Å². The number of unbranched alkanes of at least 4 members (excludes halogenated alkanes) is 14. The second-order valence-corrected chi connectivity index (χ2v) is 14.0. The van der Waals surface area contributed by atoms with Gasteiger partial charge in [0.05, 0.1) is 18.8 Å². The molecule has 300 valence electrons. The molecule has 0 saturated carbocycles. The molecule has 4 heteroatoms. The average Bonchev–Trinajstić information content (AvgIpc) is 3.16. The van der Waals surface area contributed by atoms with Gasteiger partial charge in [-0.15, -0.1) is 0 Å². The van der Waals surface area contributed by atoms with Crippen LogP contribution in [0.4, 0.5) is 0 Å². The molecule has 3 N–H and O–H groups in total. The van der Waals surface area contributed by atoms with Crippen molar-refractivity contribution in [2.45, 2.75) is 187 Å². The molecule has 2 unspecified atom stereocenters. The average molecular weight is 732 g/mol. The van der Waals surface area contributed by atoms with Crippen LogP contribution in [0.2, 0.25) is 0 Å². The number of aliphatic hydroxyl groups excluding tert-OH is 2. The van der Waals surface area contributed by atoms with Crippen molar-refractivity contribution >= 4 is 5.91 Å². The van der Waals surface area contributed by atoms with Crippen LogP contribution < -0.4 is 5.32 Å². The van der Waals surface area contributed by atoms with Crippen LogP contribution >= 0.6 is 0 Å². The summed E-state index contributed by atoms with van der Waals surface area (Å²) in [5, 5.41) is 22.9. The lowest BCUT2D eigenvalue weighted by Gasteiger charge is -2.20. The third-order valence-electron chi connectivity index (χ3n) is 9.01. The summed E-state index contributed by atoms with van der Waals surface area (Å²) in [6.45, 7) is 4.15. The largest absolute Gasteiger partial charge is 0.394 e. The minimum absolute atomic E-state index is 0.0869. The van der Waals surface area contributed by atoms with E-state index in [2.05, 4.69) is 116 Å². The van der Waals surface area contributed by atoms with E-state index < -0.39 is 12.1 Å². The number of allylic oxidation sites excluding steroid dienone is 17. The van der Waals surface area contributed by atoms with Crippen molar-refractivity contribution < 1.29 is 15.0 Å². The molecule has 0 aromatic rings. The highest BCUT2D eigenvalue weighted by Gasteiger charge is 2.17. The summed E-state index contributed by atoms with van der Waals surface area (Å²) in [5.41, 5.74) is 0. The molecule has 0 aromatic heterocycles. The Labute approximate surface area is 327 Å². The summed E-state index contributed by atoms with van der Waals surface area (Å²) in [7, 11) is 0. The number of rotatable bonds is 37. The monoisotopic (exact) mass is 732 g/mol. The van der Waals surface area contributed by atoms with Gasteiger partial charge in [-0.2, -0.15) is 0 Å². The Balaban J connectivity index is 3.68. The maximum Gasteiger partial charge on any atom is 0.220 e. The lowest BCUT2D eigenvalue weighted by atomic mass is 10.1. The molecule has 0 aliphatic carbocycles. The highest BCUT2D eigenvalue weighted by atomic mass is 16.3. The number of hydrogen-bond acceptors (Lipinski definition) is 3. The van der Waals surface area contributed by atoms with Crippen LogP contribution in [0.1, 0.15) is 174 Å². The van der Waals surface area contributed by atoms with Crippen LogP contribution in [0.3, 0.4) is 0 Å². The normalized spacial score (nSPS) is 14.1. The summed E-state index contributed by atoms with van der Waals surface area (Å²) in [6, 6.07) is -0.636. The van der Waals surface area contributed by atoms with Gasteiger partial charge in [0.1, 0.15) is 0 Å². The zero-order valence-electron chi connectivity index (χ0n) is 34.2. The summed E-state index contributed by atoms with van der Waals surface area (Å²) in [4.78, 5) is 12.3. The van der Waals surface area contributed by atoms with Crippen molar-refractivity contribution in [3.05, 3.63) is 109 Å². The van der Waals surface area contributed by atoms with Crippen molar-refractivity contribution in [1.82, 2.24) is 5.32 Å². The quantitative estimate of drug-likeness (QED) is 0.0440. The number of aliphatic hydroxyl groups is 2. The maximum absolute atomic E-state index is 12.3. The van der Waals surface area contributed by atoms with E-state index in [4.69, 9.17) is 0 Å². The van der Waals surface area contributed by atoms with Gasteiger partial charge in [-0.1, -0.05) is 194 Å². The fourth-order valence-corrected chi connectivity index (χ4v) is 5.72. The molecule has 0 bridgehead atoms. The predicted molar refractivity (Wildman–Crippen MR) is 234 cm³/mol. The van der Waals surface area contributed by atoms with Gasteiger partial charge in [0.2, 0.25) is 5.91 Å². The number of carbonyl (C=O) groups excluding carboxylic acids is 1. The number of nitrogens with one attached hydrogen (secondary N) is 1. The highest BCUT2D eigenvalue weighted by Crippen LogP contribution is 2.11. The van der Waals surface area contributed by atoms with E-state index in [1.807, 2.05) is 6.08 Å². The van der Waals surface area contributed by atoms with Gasteiger partial charge in [-0.3, -0.25) is 4.79 Å². The van der Waals surface area contributed by atoms with Crippen molar-refractivity contribution in [2.75, 3.05) is 6.61 Å². The van der Waals surface area contributed by atoms with Crippen molar-refractivity contribution in [2.24, 2.45) is 0 Å². The van der Waals surface area contributed by atoms with E-state index in [9.17, 15) is 15.0 Å². The molecule has 53 heavy (non-hydrogen) atoms. The van der Waals surface area contributed by atoms with E-state index in [0.29, 0.717) is 6.42 Å². The third kappa shape index (κ3) is 40.1. The molecule has 0 aromatic carbocycles. The van der Waals surface area contributed by atoms with E-state index in [-0.39, 0.29) is 12.5 Å². The molecule has 0 spiro atoms. The summed E-state index contributed by atoms with van der Waals surface area (Å²) >= 11 is 0. The predicted octanol–water partition coefficient (Wildman–Crippen LogP) is 13.6. The SMILES string of the molecule is CC/C=C\C/C=C\C/C=C\C/C=C\C/C=C\C/C=C\C/C=C\C/C=C\CCCCCCCCC(=O)NC(CO)C(O)/C=C/CCCCCCCCCC. The molecule has 1 amide bonds. The second kappa shape index (κ2) is 43.5. The minimum Gasteiger partial charge on any atom is -0.394 e. The highest BCUT2D eigenvalue weighted by molar-refractivity contribution is 5.76. The third-order valence-corrected chi connectivity index (χ3v) is 9.01. The van der Waals surface area contributed by atoms with Gasteiger partial charge in [0.15, 0.2) is 0 Å². The fourth-order valence-electron chi connectivity index (χ4n) is 5.72. The lowest BCUT2D eigenvalue weighted by Crippen LogP contribution is -2.45. The van der Waals surface area contributed by atoms with Gasteiger partial charge in [-0.05, 0) is 83.5 Å². The Morgan fingerprint density at radius 3 is 1.25 bits per heavy atom. The zero-order valence-corrected chi connectivity index (χ0v) is 34.2. The lowest BCUT2D eigenvalue weighted by molar-refractivity contribution is -0.123. The molecular formula is C49H81NO3. The van der Waals surface area contributed by atoms with Crippen molar-refractivity contribution in [1.29, 1.82) is 0 Å². The Bertz CT molecular complexity index is 1060. The fraction of sp³-hybridized carbons (Fsp3) is 0.612. The molecule has 0 fully saturated rings. The number of hydrogen-bond donors (Lipinski definition) is 3. The molecule has 0 saturated heterocycles. The summed E-state index contributed by atoms with van der Waals surface area (Å²) in [6.07, 6.45) is 66.2. The molecular weight excluding hydrogens is 651 g/mol. The van der Waals surface area contributed by atoms with Crippen LogP contribution in [0, 0.1) is 0 Å². The molecule has 0 rings (SSSR count). The molecule has 0 aliphatic heterocycles. The first kappa shape index (κ1) is 50.1. The Morgan fingerprint density at radius 2 is 0.830 bits per heavy atom. The standard InChI is InChI=1S/C49H81NO3/c1-3-5-7-9-11-13-15-16-17-18-19-20-21-22-23-24-25-26-27-28-29-30-31-32-33-34-35-37-39-41-43-45-49(53)50-47(46-51)48(52)44-42-40-38-36-14-12-10-8-6-4-2/h5,7,11,13,16-17,19-20,22-23,25-26,28-29,31-32,42,44,47-48,51-52H,3-4,6,8-10,12,14-15,18,21,24,27,30,33-41,43,45-46H2,1-2H3,(H,50,53)/b7-5-,13-11-,17-16-,20-19-,23-22-,26-25-,29-28-,32-31-,44-42+. The molecule has 0 heterocycles. The Morgan fingerprint density at radius 1 is 0.472 bits per heavy atom. The van der Waals surface area contributed by atoms with Crippen LogP contribution in [-0.4, -0.2) is 34.9 Å². The van der Waals surface area contributed by atoms with Gasteiger partial charge >= 0.3 is 0 Å². The van der Waals surface area contributed by atoms with Crippen LogP contribution in [0.15, 0.2) is 109 Å². The van der Waals surface area contributed by atoms with Crippen LogP contribution in [-0.2, 0) is 4.79 Å². The van der Waals surface area contributed by atoms with Crippen LogP contribution in [0.25, 0.3) is 0 Å². The Kier molecular flexibility index (Phi) is 41.0. The first-order valence-corrected chi connectivity index (χ1v) is 21.6. The number of carbonyl (C=O) groups is 1. The maximum atomic E-state index is 12.3. The van der Waals surface area contributed by atoms with Crippen molar-refractivity contribution in [3.8, 4) is 0 Å². The van der Waals surface area contributed by atoms with Gasteiger partial charge in [0.25, 0.3) is 0 Å².